The van der Waals surface area contributed by atoms with Crippen LogP contribution < -0.4 is 10.0 Å². The minimum atomic E-state index is -3.81. The number of rotatable bonds is 6. The van der Waals surface area contributed by atoms with Gasteiger partial charge in [0.2, 0.25) is 0 Å². The number of amides is 1. The number of anilines is 2. The third-order valence-corrected chi connectivity index (χ3v) is 6.21. The van der Waals surface area contributed by atoms with Gasteiger partial charge in [-0.05, 0) is 61.2 Å². The quantitative estimate of drug-likeness (QED) is 0.572. The molecule has 0 aliphatic heterocycles. The molecule has 7 heteroatoms. The second kappa shape index (κ2) is 8.50. The Labute approximate surface area is 169 Å². The summed E-state index contributed by atoms with van der Waals surface area (Å²) in [5, 5.41) is 2.84. The summed E-state index contributed by atoms with van der Waals surface area (Å²) in [6.45, 7) is 1.88. The van der Waals surface area contributed by atoms with E-state index < -0.39 is 10.0 Å². The summed E-state index contributed by atoms with van der Waals surface area (Å²) in [6, 6.07) is 20.5. The Hall–Kier alpha value is -2.77. The lowest BCUT2D eigenvalue weighted by atomic mass is 10.2. The van der Waals surface area contributed by atoms with Gasteiger partial charge in [-0.2, -0.15) is 0 Å². The van der Waals surface area contributed by atoms with Crippen LogP contribution in [0.1, 0.15) is 15.9 Å². The molecule has 28 heavy (non-hydrogen) atoms. The number of sulfonamides is 1. The van der Waals surface area contributed by atoms with Crippen molar-refractivity contribution < 1.29 is 13.2 Å². The lowest BCUT2D eigenvalue weighted by Crippen LogP contribution is -2.16. The Morgan fingerprint density at radius 1 is 0.929 bits per heavy atom. The highest BCUT2D eigenvalue weighted by molar-refractivity contribution is 7.98. The van der Waals surface area contributed by atoms with Crippen molar-refractivity contribution in [2.45, 2.75) is 16.7 Å². The van der Waals surface area contributed by atoms with Crippen molar-refractivity contribution in [3.05, 3.63) is 83.9 Å². The largest absolute Gasteiger partial charge is 0.321 e. The average molecular weight is 413 g/mol. The predicted octanol–water partition coefficient (Wildman–Crippen LogP) is 4.77. The zero-order valence-electron chi connectivity index (χ0n) is 15.5. The highest BCUT2D eigenvalue weighted by Crippen LogP contribution is 2.25. The number of benzene rings is 3. The van der Waals surface area contributed by atoms with Crippen molar-refractivity contribution in [3.8, 4) is 0 Å². The predicted molar refractivity (Wildman–Crippen MR) is 115 cm³/mol. The van der Waals surface area contributed by atoms with Gasteiger partial charge >= 0.3 is 0 Å². The van der Waals surface area contributed by atoms with Gasteiger partial charge < -0.3 is 5.32 Å². The van der Waals surface area contributed by atoms with E-state index in [1.54, 1.807) is 30.3 Å². The van der Waals surface area contributed by atoms with Crippen molar-refractivity contribution in [2.24, 2.45) is 0 Å². The molecule has 3 aromatic carbocycles. The fourth-order valence-corrected chi connectivity index (χ4v) is 4.32. The van der Waals surface area contributed by atoms with E-state index in [4.69, 9.17) is 0 Å². The monoisotopic (exact) mass is 412 g/mol. The molecule has 3 aromatic rings. The van der Waals surface area contributed by atoms with Crippen LogP contribution in [0, 0.1) is 6.92 Å². The Bertz CT molecular complexity index is 1110. The molecule has 0 saturated carbocycles. The van der Waals surface area contributed by atoms with Gasteiger partial charge in [0, 0.05) is 16.1 Å². The maximum Gasteiger partial charge on any atom is 0.261 e. The lowest BCUT2D eigenvalue weighted by Gasteiger charge is -2.11. The van der Waals surface area contributed by atoms with E-state index in [-0.39, 0.29) is 16.4 Å². The number of carbonyl (C=O) groups excluding carboxylic acids is 1. The first kappa shape index (κ1) is 20.0. The van der Waals surface area contributed by atoms with Crippen LogP contribution >= 0.6 is 11.8 Å². The van der Waals surface area contributed by atoms with E-state index in [2.05, 4.69) is 10.0 Å². The molecule has 5 nitrogen and oxygen atoms in total. The SMILES string of the molecule is CSc1ccccc1NC(=O)c1cccc(S(=O)(=O)Nc2cccc(C)c2)c1. The number of nitrogens with one attached hydrogen (secondary N) is 2. The van der Waals surface area contributed by atoms with Crippen LogP contribution in [0.25, 0.3) is 0 Å². The van der Waals surface area contributed by atoms with Crippen LogP contribution in [0.4, 0.5) is 11.4 Å². The molecule has 0 spiro atoms. The normalized spacial score (nSPS) is 11.1. The first-order valence-corrected chi connectivity index (χ1v) is 11.2. The Kier molecular flexibility index (Phi) is 6.06. The van der Waals surface area contributed by atoms with Crippen molar-refractivity contribution in [1.29, 1.82) is 0 Å². The van der Waals surface area contributed by atoms with Crippen LogP contribution in [-0.4, -0.2) is 20.6 Å². The number of hydrogen-bond acceptors (Lipinski definition) is 4. The molecule has 0 fully saturated rings. The molecular weight excluding hydrogens is 392 g/mol. The van der Waals surface area contributed by atoms with E-state index in [0.717, 1.165) is 10.5 Å². The third kappa shape index (κ3) is 4.74. The summed E-state index contributed by atoms with van der Waals surface area (Å²) in [7, 11) is -3.81. The van der Waals surface area contributed by atoms with Crippen molar-refractivity contribution >= 4 is 39.1 Å². The van der Waals surface area contributed by atoms with Crippen molar-refractivity contribution in [1.82, 2.24) is 0 Å². The molecule has 0 radical (unpaired) electrons. The number of hydrogen-bond donors (Lipinski definition) is 2. The molecule has 144 valence electrons. The van der Waals surface area contributed by atoms with E-state index in [1.165, 1.54) is 23.9 Å². The highest BCUT2D eigenvalue weighted by atomic mass is 32.2. The smallest absolute Gasteiger partial charge is 0.261 e. The molecule has 0 heterocycles. The first-order chi connectivity index (χ1) is 13.4. The molecule has 0 aromatic heterocycles. The molecule has 1 amide bonds. The van der Waals surface area contributed by atoms with E-state index in [9.17, 15) is 13.2 Å². The second-order valence-corrected chi connectivity index (χ2v) is 8.69. The summed E-state index contributed by atoms with van der Waals surface area (Å²) in [4.78, 5) is 13.6. The van der Waals surface area contributed by atoms with Crippen LogP contribution in [0.2, 0.25) is 0 Å². The maximum absolute atomic E-state index is 12.7. The molecule has 0 atom stereocenters. The van der Waals surface area contributed by atoms with Gasteiger partial charge in [0.1, 0.15) is 0 Å². The molecular formula is C21H20N2O3S2. The molecule has 0 bridgehead atoms. The average Bonchev–Trinajstić information content (AvgIpc) is 2.68. The Morgan fingerprint density at radius 2 is 1.68 bits per heavy atom. The Morgan fingerprint density at radius 3 is 2.43 bits per heavy atom. The number of aryl methyl sites for hydroxylation is 1. The standard InChI is InChI=1S/C21H20N2O3S2/c1-15-7-5-9-17(13-15)23-28(25,26)18-10-6-8-16(14-18)21(24)22-19-11-3-4-12-20(19)27-2/h3-14,23H,1-2H3,(H,22,24). The molecule has 0 unspecified atom stereocenters. The van der Waals surface area contributed by atoms with Gasteiger partial charge in [0.05, 0.1) is 10.6 Å². The van der Waals surface area contributed by atoms with Crippen LogP contribution in [-0.2, 0) is 10.0 Å². The van der Waals surface area contributed by atoms with Crippen molar-refractivity contribution in [2.75, 3.05) is 16.3 Å². The maximum atomic E-state index is 12.7. The molecule has 3 rings (SSSR count). The van der Waals surface area contributed by atoms with Gasteiger partial charge in [0.25, 0.3) is 15.9 Å². The summed E-state index contributed by atoms with van der Waals surface area (Å²) in [5.41, 5.74) is 2.37. The second-order valence-electron chi connectivity index (χ2n) is 6.16. The van der Waals surface area contributed by atoms with E-state index >= 15 is 0 Å². The van der Waals surface area contributed by atoms with Crippen LogP contribution in [0.15, 0.2) is 82.6 Å². The number of thioether (sulfide) groups is 1. The molecule has 2 N–H and O–H groups in total. The first-order valence-electron chi connectivity index (χ1n) is 8.53. The number of para-hydroxylation sites is 1. The van der Waals surface area contributed by atoms with Gasteiger partial charge in [-0.25, -0.2) is 8.42 Å². The minimum absolute atomic E-state index is 0.0276. The van der Waals surface area contributed by atoms with Crippen LogP contribution in [0.5, 0.6) is 0 Å². The minimum Gasteiger partial charge on any atom is -0.321 e. The number of carbonyl (C=O) groups is 1. The van der Waals surface area contributed by atoms with Crippen LogP contribution in [0.3, 0.4) is 0 Å². The highest BCUT2D eigenvalue weighted by Gasteiger charge is 2.17. The summed E-state index contributed by atoms with van der Waals surface area (Å²) >= 11 is 1.52. The molecule has 0 saturated heterocycles. The van der Waals surface area contributed by atoms with Crippen molar-refractivity contribution in [3.63, 3.8) is 0 Å². The summed E-state index contributed by atoms with van der Waals surface area (Å²) < 4.78 is 27.9. The molecule has 0 aliphatic rings. The zero-order valence-corrected chi connectivity index (χ0v) is 17.1. The van der Waals surface area contributed by atoms with Gasteiger partial charge in [-0.15, -0.1) is 11.8 Å². The van der Waals surface area contributed by atoms with Gasteiger partial charge in [-0.3, -0.25) is 9.52 Å². The Balaban J connectivity index is 1.84. The fourth-order valence-electron chi connectivity index (χ4n) is 2.67. The summed E-state index contributed by atoms with van der Waals surface area (Å²) in [6.07, 6.45) is 1.93. The van der Waals surface area contributed by atoms with Gasteiger partial charge in [0.15, 0.2) is 0 Å². The summed E-state index contributed by atoms with van der Waals surface area (Å²) in [5.74, 6) is -0.367. The fraction of sp³-hybridized carbons (Fsp3) is 0.0952. The third-order valence-electron chi connectivity index (χ3n) is 4.03. The van der Waals surface area contributed by atoms with E-state index in [1.807, 2.05) is 43.5 Å². The molecule has 0 aliphatic carbocycles. The lowest BCUT2D eigenvalue weighted by molar-refractivity contribution is 0.102. The van der Waals surface area contributed by atoms with Gasteiger partial charge in [-0.1, -0.05) is 30.3 Å². The zero-order chi connectivity index (χ0) is 20.1. The van der Waals surface area contributed by atoms with E-state index in [0.29, 0.717) is 11.4 Å². The topological polar surface area (TPSA) is 75.3 Å².